The van der Waals surface area contributed by atoms with Crippen molar-refractivity contribution in [1.82, 2.24) is 23.6 Å². The predicted octanol–water partition coefficient (Wildman–Crippen LogP) is -0.0548. The van der Waals surface area contributed by atoms with Crippen molar-refractivity contribution >= 4 is 29.4 Å². The molecule has 1 fully saturated rings. The zero-order chi connectivity index (χ0) is 17.3. The summed E-state index contributed by atoms with van der Waals surface area (Å²) in [5, 5.41) is 8.15. The van der Waals surface area contributed by atoms with E-state index in [9.17, 15) is 9.59 Å². The fourth-order valence-electron chi connectivity index (χ4n) is 2.97. The van der Waals surface area contributed by atoms with Crippen molar-refractivity contribution in [2.45, 2.75) is 19.4 Å². The largest absolute Gasteiger partial charge is 0.378 e. The van der Waals surface area contributed by atoms with Crippen LogP contribution in [0.4, 0.5) is 0 Å². The van der Waals surface area contributed by atoms with E-state index in [0.29, 0.717) is 43.2 Å². The van der Waals surface area contributed by atoms with Crippen LogP contribution in [-0.2, 0) is 25.4 Å². The number of ether oxygens (including phenoxy) is 1. The lowest BCUT2D eigenvalue weighted by atomic mass is 10.2. The van der Waals surface area contributed by atoms with Crippen molar-refractivity contribution in [3.8, 4) is 0 Å². The highest BCUT2D eigenvalue weighted by atomic mass is 35.5. The normalized spacial score (nSPS) is 14.6. The second-order valence-corrected chi connectivity index (χ2v) is 5.97. The Balaban J connectivity index is 0.00000225. The highest BCUT2D eigenvalue weighted by molar-refractivity contribution is 5.85. The van der Waals surface area contributed by atoms with Crippen LogP contribution in [0, 0.1) is 5.41 Å². The number of rotatable bonds is 4. The summed E-state index contributed by atoms with van der Waals surface area (Å²) < 4.78 is 9.53. The average Bonchev–Trinajstić information content (AvgIpc) is 3.03. The van der Waals surface area contributed by atoms with Gasteiger partial charge in [0.1, 0.15) is 0 Å². The van der Waals surface area contributed by atoms with Gasteiger partial charge >= 0.3 is 5.69 Å². The van der Waals surface area contributed by atoms with Crippen LogP contribution in [-0.4, -0.2) is 55.7 Å². The maximum Gasteiger partial charge on any atom is 0.332 e. The third-order valence-electron chi connectivity index (χ3n) is 4.42. The molecule has 1 aliphatic heterocycles. The molecular weight excluding hydrogens is 348 g/mol. The van der Waals surface area contributed by atoms with Gasteiger partial charge in [0.05, 0.1) is 25.4 Å². The number of morpholine rings is 1. The summed E-state index contributed by atoms with van der Waals surface area (Å²) in [6.07, 6.45) is 2.95. The van der Waals surface area contributed by atoms with E-state index in [2.05, 4.69) is 4.98 Å². The maximum absolute atomic E-state index is 12.4. The third-order valence-corrected chi connectivity index (χ3v) is 4.42. The number of fused-ring (bicyclic) bond motifs is 1. The Hall–Kier alpha value is -2.13. The van der Waals surface area contributed by atoms with Crippen LogP contribution >= 0.6 is 12.4 Å². The Kier molecular flexibility index (Phi) is 6.02. The first-order chi connectivity index (χ1) is 11.5. The number of hydrogen-bond donors (Lipinski definition) is 1. The number of imidazole rings is 1. The molecule has 0 aliphatic carbocycles. The van der Waals surface area contributed by atoms with Gasteiger partial charge in [-0.15, -0.1) is 12.4 Å². The predicted molar refractivity (Wildman–Crippen MR) is 96.8 cm³/mol. The Morgan fingerprint density at radius 2 is 1.92 bits per heavy atom. The molecule has 0 unspecified atom stereocenters. The molecular formula is C15H23ClN6O3. The average molecular weight is 371 g/mol. The smallest absolute Gasteiger partial charge is 0.332 e. The van der Waals surface area contributed by atoms with Crippen molar-refractivity contribution in [1.29, 1.82) is 5.41 Å². The van der Waals surface area contributed by atoms with Crippen molar-refractivity contribution in [3.05, 3.63) is 27.2 Å². The molecule has 138 valence electrons. The van der Waals surface area contributed by atoms with Gasteiger partial charge in [0.15, 0.2) is 11.2 Å². The molecule has 0 atom stereocenters. The summed E-state index contributed by atoms with van der Waals surface area (Å²) in [5.74, 6) is 0.600. The molecule has 2 aromatic rings. The van der Waals surface area contributed by atoms with E-state index in [1.807, 2.05) is 4.90 Å². The number of amidine groups is 1. The number of halogens is 1. The topological polar surface area (TPSA) is 98.1 Å². The minimum atomic E-state index is -0.383. The summed E-state index contributed by atoms with van der Waals surface area (Å²) in [4.78, 5) is 30.5. The molecule has 1 N–H and O–H groups in total. The summed E-state index contributed by atoms with van der Waals surface area (Å²) in [7, 11) is 3.07. The molecule has 0 saturated carbocycles. The van der Waals surface area contributed by atoms with Gasteiger partial charge in [-0.25, -0.2) is 9.78 Å². The molecule has 0 amide bonds. The molecule has 0 bridgehead atoms. The van der Waals surface area contributed by atoms with Crippen molar-refractivity contribution < 1.29 is 4.74 Å². The Morgan fingerprint density at radius 1 is 1.24 bits per heavy atom. The van der Waals surface area contributed by atoms with Crippen LogP contribution in [0.3, 0.4) is 0 Å². The lowest BCUT2D eigenvalue weighted by Gasteiger charge is -2.29. The lowest BCUT2D eigenvalue weighted by Crippen LogP contribution is -2.40. The van der Waals surface area contributed by atoms with Gasteiger partial charge in [-0.05, 0) is 6.42 Å². The zero-order valence-corrected chi connectivity index (χ0v) is 15.2. The maximum atomic E-state index is 12.4. The van der Waals surface area contributed by atoms with Crippen LogP contribution in [0.15, 0.2) is 15.9 Å². The summed E-state index contributed by atoms with van der Waals surface area (Å²) in [6, 6.07) is 0. The number of aryl methyl sites for hydroxylation is 2. The SMILES string of the molecule is Cl.Cn1c(=O)c2c(ncn2CCCC(=N)N2CCOCC2)n(C)c1=O. The van der Waals surface area contributed by atoms with Crippen LogP contribution in [0.2, 0.25) is 0 Å². The van der Waals surface area contributed by atoms with Crippen molar-refractivity contribution in [2.24, 2.45) is 14.1 Å². The minimum absolute atomic E-state index is 0. The Bertz CT molecular complexity index is 878. The summed E-state index contributed by atoms with van der Waals surface area (Å²) in [6.45, 7) is 3.43. The first kappa shape index (κ1) is 19.2. The van der Waals surface area contributed by atoms with Gasteiger partial charge in [-0.3, -0.25) is 19.3 Å². The van der Waals surface area contributed by atoms with Crippen LogP contribution in [0.5, 0.6) is 0 Å². The van der Waals surface area contributed by atoms with Gasteiger partial charge in [-0.2, -0.15) is 0 Å². The summed E-state index contributed by atoms with van der Waals surface area (Å²) >= 11 is 0. The number of hydrogen-bond acceptors (Lipinski definition) is 5. The van der Waals surface area contributed by atoms with E-state index in [-0.39, 0.29) is 23.7 Å². The van der Waals surface area contributed by atoms with Crippen LogP contribution in [0.25, 0.3) is 11.2 Å². The van der Waals surface area contributed by atoms with E-state index in [1.54, 1.807) is 17.9 Å². The first-order valence-corrected chi connectivity index (χ1v) is 8.01. The fraction of sp³-hybridized carbons (Fsp3) is 0.600. The first-order valence-electron chi connectivity index (χ1n) is 8.01. The molecule has 3 rings (SSSR count). The minimum Gasteiger partial charge on any atom is -0.378 e. The van der Waals surface area contributed by atoms with Crippen molar-refractivity contribution in [3.63, 3.8) is 0 Å². The lowest BCUT2D eigenvalue weighted by molar-refractivity contribution is 0.0667. The molecule has 2 aromatic heterocycles. The standard InChI is InChI=1S/C15H22N6O3.ClH/c1-18-13-12(14(22)19(2)15(18)23)21(10-17-13)5-3-4-11(16)20-6-8-24-9-7-20;/h10,16H,3-9H2,1-2H3;1H. The Morgan fingerprint density at radius 3 is 2.60 bits per heavy atom. The number of nitrogens with one attached hydrogen (secondary N) is 1. The van der Waals surface area contributed by atoms with Gasteiger partial charge in [0, 0.05) is 40.2 Å². The quantitative estimate of drug-likeness (QED) is 0.600. The molecule has 0 aromatic carbocycles. The van der Waals surface area contributed by atoms with E-state index < -0.39 is 0 Å². The molecule has 25 heavy (non-hydrogen) atoms. The Labute approximate surface area is 150 Å². The van der Waals surface area contributed by atoms with Crippen molar-refractivity contribution in [2.75, 3.05) is 26.3 Å². The number of aromatic nitrogens is 4. The van der Waals surface area contributed by atoms with Gasteiger partial charge in [0.25, 0.3) is 5.56 Å². The molecule has 1 aliphatic rings. The van der Waals surface area contributed by atoms with E-state index >= 15 is 0 Å². The molecule has 9 nitrogen and oxygen atoms in total. The molecule has 3 heterocycles. The van der Waals surface area contributed by atoms with E-state index in [4.69, 9.17) is 10.1 Å². The summed E-state index contributed by atoms with van der Waals surface area (Å²) in [5.41, 5.74) is 0.101. The van der Waals surface area contributed by atoms with E-state index in [1.165, 1.54) is 11.6 Å². The highest BCUT2D eigenvalue weighted by Crippen LogP contribution is 2.09. The van der Waals surface area contributed by atoms with Gasteiger partial charge < -0.3 is 14.2 Å². The zero-order valence-electron chi connectivity index (χ0n) is 14.4. The van der Waals surface area contributed by atoms with Crippen LogP contribution < -0.4 is 11.2 Å². The van der Waals surface area contributed by atoms with E-state index in [0.717, 1.165) is 24.1 Å². The fourth-order valence-corrected chi connectivity index (χ4v) is 2.97. The highest BCUT2D eigenvalue weighted by Gasteiger charge is 2.16. The number of nitrogens with zero attached hydrogens (tertiary/aromatic N) is 5. The molecule has 0 spiro atoms. The monoisotopic (exact) mass is 370 g/mol. The van der Waals surface area contributed by atoms with Gasteiger partial charge in [-0.1, -0.05) is 0 Å². The second-order valence-electron chi connectivity index (χ2n) is 5.97. The third kappa shape index (κ3) is 3.62. The second kappa shape index (κ2) is 7.83. The van der Waals surface area contributed by atoms with Crippen LogP contribution in [0.1, 0.15) is 12.8 Å². The molecule has 1 saturated heterocycles. The van der Waals surface area contributed by atoms with Gasteiger partial charge in [0.2, 0.25) is 0 Å². The molecule has 10 heteroatoms. The molecule has 0 radical (unpaired) electrons.